The Morgan fingerprint density at radius 3 is 1.94 bits per heavy atom. The van der Waals surface area contributed by atoms with Crippen LogP contribution in [0.2, 0.25) is 0 Å². The molecular weight excluding hydrogens is 436 g/mol. The first-order valence-corrected chi connectivity index (χ1v) is 12.4. The van der Waals surface area contributed by atoms with Crippen molar-refractivity contribution in [3.8, 4) is 11.1 Å². The van der Waals surface area contributed by atoms with Crippen LogP contribution in [0.1, 0.15) is 39.2 Å². The largest absolute Gasteiger partial charge is 0.458 e. The van der Waals surface area contributed by atoms with E-state index in [0.29, 0.717) is 12.8 Å². The third-order valence-electron chi connectivity index (χ3n) is 4.94. The minimum atomic E-state index is -4.15. The van der Waals surface area contributed by atoms with Crippen LogP contribution in [-0.2, 0) is 30.3 Å². The van der Waals surface area contributed by atoms with Crippen molar-refractivity contribution in [2.75, 3.05) is 0 Å². The normalized spacial score (nSPS) is 12.8. The number of rotatable bonds is 9. The summed E-state index contributed by atoms with van der Waals surface area (Å²) in [4.78, 5) is 12.7. The summed E-state index contributed by atoms with van der Waals surface area (Å²) in [6.07, 6.45) is 0.295. The maximum atomic E-state index is 13.0. The van der Waals surface area contributed by atoms with Gasteiger partial charge in [0.1, 0.15) is 5.60 Å². The molecule has 0 bridgehead atoms. The van der Waals surface area contributed by atoms with Crippen molar-refractivity contribution in [2.45, 2.75) is 56.6 Å². The Balaban J connectivity index is 1.74. The fraction of sp³-hybridized carbons (Fsp3) is 0.296. The van der Waals surface area contributed by atoms with E-state index >= 15 is 0 Å². The summed E-state index contributed by atoms with van der Waals surface area (Å²) < 4.78 is 36.8. The van der Waals surface area contributed by atoms with Crippen LogP contribution in [0.25, 0.3) is 11.1 Å². The first-order valence-electron chi connectivity index (χ1n) is 11.0. The fourth-order valence-corrected chi connectivity index (χ4v) is 4.42. The molecule has 3 aromatic carbocycles. The Hall–Kier alpha value is -2.96. The first-order chi connectivity index (χ1) is 15.6. The van der Waals surface area contributed by atoms with Gasteiger partial charge in [0.25, 0.3) is 10.1 Å². The molecule has 0 fully saturated rings. The molecule has 0 radical (unpaired) electrons. The molecular formula is C27H30O5S. The van der Waals surface area contributed by atoms with E-state index in [1.807, 2.05) is 60.7 Å². The van der Waals surface area contributed by atoms with Gasteiger partial charge in [0.2, 0.25) is 0 Å². The van der Waals surface area contributed by atoms with Crippen LogP contribution in [-0.4, -0.2) is 26.1 Å². The summed E-state index contributed by atoms with van der Waals surface area (Å²) in [5, 5.41) is 0. The van der Waals surface area contributed by atoms with E-state index < -0.39 is 27.8 Å². The SMILES string of the molecule is CC(C)(C)OC(=O)[C@@H](CCCc1ccccc1)OS(=O)(=O)c1ccc(-c2ccccc2)cc1. The van der Waals surface area contributed by atoms with Gasteiger partial charge in [0.05, 0.1) is 4.90 Å². The Labute approximate surface area is 196 Å². The molecule has 5 nitrogen and oxygen atoms in total. The summed E-state index contributed by atoms with van der Waals surface area (Å²) in [5.74, 6) is -0.681. The highest BCUT2D eigenvalue weighted by molar-refractivity contribution is 7.86. The summed E-state index contributed by atoms with van der Waals surface area (Å²) in [6.45, 7) is 5.22. The highest BCUT2D eigenvalue weighted by atomic mass is 32.2. The van der Waals surface area contributed by atoms with Gasteiger partial charge >= 0.3 is 5.97 Å². The highest BCUT2D eigenvalue weighted by Gasteiger charge is 2.31. The second-order valence-corrected chi connectivity index (χ2v) is 10.4. The molecule has 0 aromatic heterocycles. The van der Waals surface area contributed by atoms with E-state index in [0.717, 1.165) is 16.7 Å². The van der Waals surface area contributed by atoms with E-state index in [2.05, 4.69) is 0 Å². The number of carbonyl (C=O) groups is 1. The van der Waals surface area contributed by atoms with E-state index in [9.17, 15) is 13.2 Å². The van der Waals surface area contributed by atoms with E-state index in [1.165, 1.54) is 12.1 Å². The fourth-order valence-electron chi connectivity index (χ4n) is 3.36. The summed E-state index contributed by atoms with van der Waals surface area (Å²) in [6, 6.07) is 25.9. The lowest BCUT2D eigenvalue weighted by molar-refractivity contribution is -0.163. The van der Waals surface area contributed by atoms with Crippen LogP contribution in [0.5, 0.6) is 0 Å². The van der Waals surface area contributed by atoms with Crippen LogP contribution in [0, 0.1) is 0 Å². The molecule has 0 aliphatic carbocycles. The van der Waals surface area contributed by atoms with Crippen LogP contribution < -0.4 is 0 Å². The van der Waals surface area contributed by atoms with Gasteiger partial charge in [0, 0.05) is 0 Å². The molecule has 0 spiro atoms. The van der Waals surface area contributed by atoms with E-state index in [-0.39, 0.29) is 11.3 Å². The third kappa shape index (κ3) is 7.55. The van der Waals surface area contributed by atoms with Gasteiger partial charge < -0.3 is 4.74 Å². The van der Waals surface area contributed by atoms with Gasteiger partial charge in [-0.15, -0.1) is 0 Å². The third-order valence-corrected chi connectivity index (χ3v) is 6.27. The van der Waals surface area contributed by atoms with Gasteiger partial charge in [-0.2, -0.15) is 8.42 Å². The number of aryl methyl sites for hydroxylation is 1. The van der Waals surface area contributed by atoms with Gasteiger partial charge in [-0.3, -0.25) is 4.18 Å². The number of benzene rings is 3. The molecule has 1 atom stereocenters. The predicted octanol–water partition coefficient (Wildman–Crippen LogP) is 5.79. The molecule has 0 N–H and O–H groups in total. The molecule has 174 valence electrons. The van der Waals surface area contributed by atoms with E-state index in [4.69, 9.17) is 8.92 Å². The number of carbonyl (C=O) groups excluding carboxylic acids is 1. The van der Waals surface area contributed by atoms with Gasteiger partial charge in [-0.05, 0) is 68.9 Å². The van der Waals surface area contributed by atoms with Crippen LogP contribution in [0.4, 0.5) is 0 Å². The van der Waals surface area contributed by atoms with Crippen molar-refractivity contribution >= 4 is 16.1 Å². The molecule has 0 saturated carbocycles. The second kappa shape index (κ2) is 10.8. The van der Waals surface area contributed by atoms with Crippen LogP contribution in [0.15, 0.2) is 89.8 Å². The average molecular weight is 467 g/mol. The standard InChI is InChI=1S/C27H30O5S/c1-27(2,3)31-26(28)25(16-10-13-21-11-6-4-7-12-21)32-33(29,30)24-19-17-23(18-20-24)22-14-8-5-9-15-22/h4-9,11-12,14-15,17-20,25H,10,13,16H2,1-3H3/t25-/m1/s1. The van der Waals surface area contributed by atoms with Crippen molar-refractivity contribution in [1.82, 2.24) is 0 Å². The molecule has 6 heteroatoms. The quantitative estimate of drug-likeness (QED) is 0.295. The van der Waals surface area contributed by atoms with Crippen LogP contribution >= 0.6 is 0 Å². The number of esters is 1. The maximum absolute atomic E-state index is 13.0. The van der Waals surface area contributed by atoms with Gasteiger partial charge in [0.15, 0.2) is 6.10 Å². The zero-order valence-corrected chi connectivity index (χ0v) is 20.0. The van der Waals surface area contributed by atoms with Crippen molar-refractivity contribution in [3.05, 3.63) is 90.5 Å². The Morgan fingerprint density at radius 1 is 0.818 bits per heavy atom. The van der Waals surface area contributed by atoms with Gasteiger partial charge in [-0.25, -0.2) is 4.79 Å². The molecule has 3 rings (SSSR count). The number of hydrogen-bond acceptors (Lipinski definition) is 5. The molecule has 3 aromatic rings. The lowest BCUT2D eigenvalue weighted by atomic mass is 10.1. The van der Waals surface area contributed by atoms with Crippen LogP contribution in [0.3, 0.4) is 0 Å². The Kier molecular flexibility index (Phi) is 8.06. The zero-order valence-electron chi connectivity index (χ0n) is 19.2. The Bertz CT molecular complexity index is 1130. The second-order valence-electron chi connectivity index (χ2n) is 8.84. The molecule has 0 saturated heterocycles. The molecule has 0 amide bonds. The summed E-state index contributed by atoms with van der Waals surface area (Å²) in [5.41, 5.74) is 2.23. The molecule has 0 unspecified atom stereocenters. The molecule has 0 heterocycles. The molecule has 0 aliphatic rings. The van der Waals surface area contributed by atoms with Crippen molar-refractivity contribution in [1.29, 1.82) is 0 Å². The van der Waals surface area contributed by atoms with Crippen molar-refractivity contribution < 1.29 is 22.1 Å². The Morgan fingerprint density at radius 2 is 1.36 bits per heavy atom. The van der Waals surface area contributed by atoms with Crippen molar-refractivity contribution in [3.63, 3.8) is 0 Å². The monoisotopic (exact) mass is 466 g/mol. The first kappa shape index (κ1) is 24.7. The predicted molar refractivity (Wildman–Crippen MR) is 129 cm³/mol. The maximum Gasteiger partial charge on any atom is 0.337 e. The summed E-state index contributed by atoms with van der Waals surface area (Å²) in [7, 11) is -4.15. The average Bonchev–Trinajstić information content (AvgIpc) is 2.78. The lowest BCUT2D eigenvalue weighted by Gasteiger charge is -2.24. The smallest absolute Gasteiger partial charge is 0.337 e. The molecule has 33 heavy (non-hydrogen) atoms. The number of ether oxygens (including phenoxy) is 1. The molecule has 0 aliphatic heterocycles. The lowest BCUT2D eigenvalue weighted by Crippen LogP contribution is -2.35. The van der Waals surface area contributed by atoms with Gasteiger partial charge in [-0.1, -0.05) is 72.8 Å². The van der Waals surface area contributed by atoms with E-state index in [1.54, 1.807) is 32.9 Å². The minimum absolute atomic E-state index is 0.00111. The zero-order chi connectivity index (χ0) is 23.9. The highest BCUT2D eigenvalue weighted by Crippen LogP contribution is 2.24. The topological polar surface area (TPSA) is 69.7 Å². The summed E-state index contributed by atoms with van der Waals surface area (Å²) >= 11 is 0. The number of hydrogen-bond donors (Lipinski definition) is 0. The minimum Gasteiger partial charge on any atom is -0.458 e. The van der Waals surface area contributed by atoms with Crippen molar-refractivity contribution in [2.24, 2.45) is 0 Å².